The Morgan fingerprint density at radius 3 is 2.56 bits per heavy atom. The summed E-state index contributed by atoms with van der Waals surface area (Å²) in [5, 5.41) is 8.75. The molecule has 0 aliphatic carbocycles. The van der Waals surface area contributed by atoms with Crippen LogP contribution in [0.25, 0.3) is 0 Å². The van der Waals surface area contributed by atoms with Crippen molar-refractivity contribution in [1.29, 1.82) is 5.26 Å². The van der Waals surface area contributed by atoms with Crippen LogP contribution in [0.1, 0.15) is 44.7 Å². The Labute approximate surface area is 158 Å². The van der Waals surface area contributed by atoms with Gasteiger partial charge in [-0.1, -0.05) is 26.8 Å². The fraction of sp³-hybridized carbons (Fsp3) is 0.450. The second-order valence-electron chi connectivity index (χ2n) is 6.20. The highest BCUT2D eigenvalue weighted by Crippen LogP contribution is 2.25. The summed E-state index contributed by atoms with van der Waals surface area (Å²) in [6.45, 7) is 7.55. The predicted molar refractivity (Wildman–Crippen MR) is 99.4 cm³/mol. The lowest BCUT2D eigenvalue weighted by molar-refractivity contribution is 0.273. The highest BCUT2D eigenvalue weighted by molar-refractivity contribution is 5.40. The number of anilines is 1. The van der Waals surface area contributed by atoms with Gasteiger partial charge in [-0.2, -0.15) is 10.2 Å². The Balaban J connectivity index is 0.00000126. The van der Waals surface area contributed by atoms with Crippen LogP contribution in [0, 0.1) is 28.9 Å². The Morgan fingerprint density at radius 1 is 1.22 bits per heavy atom. The van der Waals surface area contributed by atoms with Crippen molar-refractivity contribution in [3.63, 3.8) is 0 Å². The molecule has 0 N–H and O–H groups in total. The zero-order valence-corrected chi connectivity index (χ0v) is 15.9. The van der Waals surface area contributed by atoms with E-state index < -0.39 is 11.6 Å². The van der Waals surface area contributed by atoms with E-state index in [0.717, 1.165) is 38.2 Å². The van der Waals surface area contributed by atoms with E-state index in [2.05, 4.69) is 16.9 Å². The lowest BCUT2D eigenvalue weighted by Crippen LogP contribution is -2.34. The number of hydrogen-bond acceptors (Lipinski definition) is 5. The zero-order valence-electron chi connectivity index (χ0n) is 15.9. The number of aromatic nitrogens is 2. The van der Waals surface area contributed by atoms with E-state index in [1.54, 1.807) is 0 Å². The molecule has 0 saturated carbocycles. The molecule has 2 aromatic rings. The molecule has 3 rings (SSSR count). The van der Waals surface area contributed by atoms with Gasteiger partial charge in [-0.3, -0.25) is 0 Å². The number of piperidine rings is 1. The average molecular weight is 374 g/mol. The van der Waals surface area contributed by atoms with Gasteiger partial charge in [0.05, 0.1) is 17.8 Å². The van der Waals surface area contributed by atoms with Crippen LogP contribution in [0.2, 0.25) is 0 Å². The van der Waals surface area contributed by atoms with Crippen molar-refractivity contribution in [1.82, 2.24) is 9.97 Å². The lowest BCUT2D eigenvalue weighted by atomic mass is 9.99. The average Bonchev–Trinajstić information content (AvgIpc) is 2.70. The van der Waals surface area contributed by atoms with E-state index in [4.69, 9.17) is 10.00 Å². The van der Waals surface area contributed by atoms with Gasteiger partial charge in [0, 0.05) is 18.7 Å². The number of hydrogen-bond donors (Lipinski definition) is 0. The van der Waals surface area contributed by atoms with Gasteiger partial charge in [-0.25, -0.2) is 13.8 Å². The minimum atomic E-state index is -0.536. The Bertz CT molecular complexity index is 799. The third-order valence-electron chi connectivity index (χ3n) is 4.33. The number of nitriles is 1. The highest BCUT2D eigenvalue weighted by atomic mass is 19.1. The molecule has 0 radical (unpaired) electrons. The number of halogens is 2. The van der Waals surface area contributed by atoms with Gasteiger partial charge in [-0.15, -0.1) is 0 Å². The predicted octanol–water partition coefficient (Wildman–Crippen LogP) is 4.47. The zero-order chi connectivity index (χ0) is 19.8. The molecule has 0 spiro atoms. The maximum absolute atomic E-state index is 14.0. The summed E-state index contributed by atoms with van der Waals surface area (Å²) >= 11 is 0. The number of rotatable bonds is 4. The first-order valence-electron chi connectivity index (χ1n) is 9.15. The van der Waals surface area contributed by atoms with Crippen molar-refractivity contribution in [2.75, 3.05) is 18.0 Å². The summed E-state index contributed by atoms with van der Waals surface area (Å²) in [6, 6.07) is 6.00. The summed E-state index contributed by atoms with van der Waals surface area (Å²) < 4.78 is 33.3. The van der Waals surface area contributed by atoms with Crippen LogP contribution < -0.4 is 9.64 Å². The number of ether oxygens (including phenoxy) is 1. The first-order valence-corrected chi connectivity index (χ1v) is 9.15. The fourth-order valence-corrected chi connectivity index (χ4v) is 2.73. The summed E-state index contributed by atoms with van der Waals surface area (Å²) in [4.78, 5) is 9.84. The third-order valence-corrected chi connectivity index (χ3v) is 4.33. The van der Waals surface area contributed by atoms with Gasteiger partial charge in [-0.05, 0) is 30.9 Å². The molecule has 0 amide bonds. The van der Waals surface area contributed by atoms with Crippen LogP contribution >= 0.6 is 0 Å². The molecule has 0 bridgehead atoms. The molecule has 0 atom stereocenters. The van der Waals surface area contributed by atoms with E-state index in [-0.39, 0.29) is 29.6 Å². The highest BCUT2D eigenvalue weighted by Gasteiger charge is 2.21. The smallest absolute Gasteiger partial charge is 0.318 e. The SMILES string of the molecule is CC.CC1CCN(c2nc(OCc3ccc(C#N)cc3F)ncc2F)CC1. The van der Waals surface area contributed by atoms with Gasteiger partial charge < -0.3 is 9.64 Å². The summed E-state index contributed by atoms with van der Waals surface area (Å²) in [7, 11) is 0. The molecule has 1 saturated heterocycles. The van der Waals surface area contributed by atoms with Crippen molar-refractivity contribution < 1.29 is 13.5 Å². The minimum Gasteiger partial charge on any atom is -0.458 e. The van der Waals surface area contributed by atoms with Gasteiger partial charge in [0.1, 0.15) is 12.4 Å². The van der Waals surface area contributed by atoms with Crippen LogP contribution in [-0.2, 0) is 6.61 Å². The van der Waals surface area contributed by atoms with E-state index in [0.29, 0.717) is 5.92 Å². The largest absolute Gasteiger partial charge is 0.458 e. The molecule has 1 aromatic heterocycles. The van der Waals surface area contributed by atoms with Crippen molar-refractivity contribution in [2.24, 2.45) is 5.92 Å². The van der Waals surface area contributed by atoms with Crippen molar-refractivity contribution >= 4 is 5.82 Å². The third kappa shape index (κ3) is 5.36. The summed E-state index contributed by atoms with van der Waals surface area (Å²) in [6.07, 6.45) is 3.04. The van der Waals surface area contributed by atoms with Crippen molar-refractivity contribution in [3.8, 4) is 12.1 Å². The Hall–Kier alpha value is -2.75. The van der Waals surface area contributed by atoms with Crippen LogP contribution in [0.3, 0.4) is 0 Å². The molecule has 5 nitrogen and oxygen atoms in total. The van der Waals surface area contributed by atoms with E-state index >= 15 is 0 Å². The fourth-order valence-electron chi connectivity index (χ4n) is 2.73. The maximum atomic E-state index is 14.0. The molecule has 1 aromatic carbocycles. The van der Waals surface area contributed by atoms with Crippen molar-refractivity contribution in [3.05, 3.63) is 47.2 Å². The molecule has 1 fully saturated rings. The molecule has 1 aliphatic heterocycles. The molecule has 1 aliphatic rings. The molecule has 0 unspecified atom stereocenters. The van der Waals surface area contributed by atoms with Gasteiger partial charge in [0.15, 0.2) is 11.6 Å². The molecule has 7 heteroatoms. The van der Waals surface area contributed by atoms with Crippen LogP contribution in [0.4, 0.5) is 14.6 Å². The first-order chi connectivity index (χ1) is 13.1. The molecular formula is C20H24F2N4O. The monoisotopic (exact) mass is 374 g/mol. The van der Waals surface area contributed by atoms with E-state index in [1.165, 1.54) is 12.1 Å². The molecule has 2 heterocycles. The van der Waals surface area contributed by atoms with Crippen LogP contribution in [0.5, 0.6) is 6.01 Å². The van der Waals surface area contributed by atoms with Crippen molar-refractivity contribution in [2.45, 2.75) is 40.2 Å². The Morgan fingerprint density at radius 2 is 1.93 bits per heavy atom. The van der Waals surface area contributed by atoms with E-state index in [9.17, 15) is 8.78 Å². The topological polar surface area (TPSA) is 62.0 Å². The molecule has 144 valence electrons. The second-order valence-corrected chi connectivity index (χ2v) is 6.20. The van der Waals surface area contributed by atoms with Gasteiger partial charge in [0.2, 0.25) is 0 Å². The minimum absolute atomic E-state index is 0.00113. The summed E-state index contributed by atoms with van der Waals surface area (Å²) in [5.41, 5.74) is 0.515. The number of nitrogens with zero attached hydrogens (tertiary/aromatic N) is 4. The van der Waals surface area contributed by atoms with Crippen LogP contribution in [-0.4, -0.2) is 23.1 Å². The lowest BCUT2D eigenvalue weighted by Gasteiger charge is -2.31. The molecular weight excluding hydrogens is 350 g/mol. The number of benzene rings is 1. The summed E-state index contributed by atoms with van der Waals surface area (Å²) in [5.74, 6) is -0.189. The van der Waals surface area contributed by atoms with Gasteiger partial charge in [0.25, 0.3) is 0 Å². The normalized spacial score (nSPS) is 14.1. The van der Waals surface area contributed by atoms with Crippen LogP contribution in [0.15, 0.2) is 24.4 Å². The molecule has 27 heavy (non-hydrogen) atoms. The quantitative estimate of drug-likeness (QED) is 0.790. The first kappa shape index (κ1) is 20.6. The van der Waals surface area contributed by atoms with E-state index in [1.807, 2.05) is 24.8 Å². The Kier molecular flexibility index (Phi) is 7.47. The second kappa shape index (κ2) is 9.81. The maximum Gasteiger partial charge on any atom is 0.318 e. The standard InChI is InChI=1S/C18H18F2N4O.C2H6/c1-12-4-6-24(7-5-12)17-16(20)10-22-18(23-17)25-11-14-3-2-13(9-21)8-15(14)19;1-2/h2-3,8,10,12H,4-7,11H2,1H3;1-2H3. The van der Waals surface area contributed by atoms with Gasteiger partial charge >= 0.3 is 6.01 Å².